The summed E-state index contributed by atoms with van der Waals surface area (Å²) in [5.74, 6) is 1.73. The maximum Gasteiger partial charge on any atom is 0.182 e. The molecule has 0 amide bonds. The van der Waals surface area contributed by atoms with Crippen LogP contribution in [0, 0.1) is 27.9 Å². The van der Waals surface area contributed by atoms with Crippen LogP contribution >= 0.6 is 12.2 Å². The van der Waals surface area contributed by atoms with Gasteiger partial charge in [0.05, 0.1) is 0 Å². The van der Waals surface area contributed by atoms with E-state index in [1.54, 1.807) is 16.2 Å². The number of hydrogen-bond acceptors (Lipinski definition) is 6. The van der Waals surface area contributed by atoms with Crippen LogP contribution in [-0.2, 0) is 14.1 Å². The fourth-order valence-electron chi connectivity index (χ4n) is 4.27. The summed E-state index contributed by atoms with van der Waals surface area (Å²) in [6.45, 7) is 6.52. The number of nitrogens with zero attached hydrogens (tertiary/aromatic N) is 5. The van der Waals surface area contributed by atoms with Crippen molar-refractivity contribution in [2.75, 3.05) is 45.0 Å². The van der Waals surface area contributed by atoms with Crippen LogP contribution in [0.3, 0.4) is 0 Å². The van der Waals surface area contributed by atoms with Crippen molar-refractivity contribution in [3.05, 3.63) is 15.8 Å². The van der Waals surface area contributed by atoms with E-state index < -0.39 is 0 Å². The molecule has 3 rings (SSSR count). The van der Waals surface area contributed by atoms with E-state index >= 15 is 0 Å². The first-order valence-electron chi connectivity index (χ1n) is 9.90. The lowest BCUT2D eigenvalue weighted by Crippen LogP contribution is -2.42. The summed E-state index contributed by atoms with van der Waals surface area (Å²) in [5, 5.41) is 13.0. The molecular weight excluding hydrogens is 358 g/mol. The van der Waals surface area contributed by atoms with E-state index in [0.29, 0.717) is 34.1 Å². The van der Waals surface area contributed by atoms with Gasteiger partial charge in [-0.25, -0.2) is 0 Å². The van der Waals surface area contributed by atoms with Crippen LogP contribution in [0.4, 0.5) is 5.82 Å². The summed E-state index contributed by atoms with van der Waals surface area (Å²) in [6.07, 6.45) is 4.98. The molecule has 0 aliphatic carbocycles. The minimum Gasteiger partial charge on any atom is -0.384 e. The Labute approximate surface area is 166 Å². The van der Waals surface area contributed by atoms with Crippen molar-refractivity contribution >= 4 is 18.0 Å². The number of hydrogen-bond donors (Lipinski definition) is 2. The lowest BCUT2D eigenvalue weighted by Gasteiger charge is -2.35. The second kappa shape index (κ2) is 9.00. The molecule has 3 heterocycles. The summed E-state index contributed by atoms with van der Waals surface area (Å²) in [4.78, 5) is 7.40. The predicted molar refractivity (Wildman–Crippen MR) is 110 cm³/mol. The fourth-order valence-corrected chi connectivity index (χ4v) is 4.46. The summed E-state index contributed by atoms with van der Waals surface area (Å²) in [6, 6.07) is 2.20. The van der Waals surface area contributed by atoms with Gasteiger partial charge in [0.1, 0.15) is 17.5 Å². The Kier molecular flexibility index (Phi) is 6.68. The topological polar surface area (TPSA) is 87.3 Å². The van der Waals surface area contributed by atoms with Gasteiger partial charge in [-0.05, 0) is 69.4 Å². The molecule has 27 heavy (non-hydrogen) atoms. The maximum absolute atomic E-state index is 9.54. The number of nitrogens with two attached hydrogens (primary N) is 1. The molecule has 8 heteroatoms. The van der Waals surface area contributed by atoms with Gasteiger partial charge in [-0.15, -0.1) is 0 Å². The van der Waals surface area contributed by atoms with E-state index in [2.05, 4.69) is 16.3 Å². The standard InChI is InChI=1S/C19H31N7S/c1-24-17(21)16(10-20)18(25(2)19(24)27)23-11-15-4-3-9-26(13-15)12-14-5-7-22-8-6-14/h14-15,22H,3-9,11-13,21H2,1-2H3. The lowest BCUT2D eigenvalue weighted by molar-refractivity contribution is 0.142. The van der Waals surface area contributed by atoms with Gasteiger partial charge in [0.15, 0.2) is 10.3 Å². The highest BCUT2D eigenvalue weighted by atomic mass is 32.1. The summed E-state index contributed by atoms with van der Waals surface area (Å²) in [7, 11) is 3.63. The number of nitriles is 1. The molecule has 2 fully saturated rings. The third-order valence-electron chi connectivity index (χ3n) is 5.92. The van der Waals surface area contributed by atoms with Gasteiger partial charge in [0.25, 0.3) is 0 Å². The number of piperidine rings is 2. The molecule has 7 nitrogen and oxygen atoms in total. The average molecular weight is 390 g/mol. The van der Waals surface area contributed by atoms with Gasteiger partial charge in [-0.1, -0.05) is 0 Å². The van der Waals surface area contributed by atoms with Gasteiger partial charge in [0.2, 0.25) is 0 Å². The molecule has 0 radical (unpaired) electrons. The molecule has 1 aromatic heterocycles. The second-order valence-electron chi connectivity index (χ2n) is 7.90. The molecule has 0 aromatic carbocycles. The number of likely N-dealkylation sites (tertiary alicyclic amines) is 1. The Hall–Kier alpha value is -1.69. The van der Waals surface area contributed by atoms with Crippen molar-refractivity contribution in [2.24, 2.45) is 30.9 Å². The Morgan fingerprint density at radius 2 is 1.96 bits per heavy atom. The zero-order valence-corrected chi connectivity index (χ0v) is 17.3. The van der Waals surface area contributed by atoms with Gasteiger partial charge < -0.3 is 25.1 Å². The molecule has 0 bridgehead atoms. The molecule has 1 aromatic rings. The van der Waals surface area contributed by atoms with Crippen LogP contribution in [0.25, 0.3) is 0 Å². The summed E-state index contributed by atoms with van der Waals surface area (Å²) in [5.41, 5.74) is 7.10. The van der Waals surface area contributed by atoms with Crippen molar-refractivity contribution in [1.29, 1.82) is 5.26 Å². The maximum atomic E-state index is 9.54. The number of rotatable bonds is 4. The molecule has 2 saturated heterocycles. The average Bonchev–Trinajstić information content (AvgIpc) is 2.69. The van der Waals surface area contributed by atoms with Gasteiger partial charge in [-0.2, -0.15) is 5.26 Å². The predicted octanol–water partition coefficient (Wildman–Crippen LogP) is 1.16. The van der Waals surface area contributed by atoms with Crippen LogP contribution in [-0.4, -0.2) is 53.3 Å². The first-order chi connectivity index (χ1) is 13.0. The van der Waals surface area contributed by atoms with Crippen molar-refractivity contribution in [1.82, 2.24) is 19.4 Å². The Balaban J connectivity index is 1.72. The fraction of sp³-hybridized carbons (Fsp3) is 0.737. The third-order valence-corrected chi connectivity index (χ3v) is 6.47. The summed E-state index contributed by atoms with van der Waals surface area (Å²) < 4.78 is 4.02. The molecule has 148 valence electrons. The molecule has 3 N–H and O–H groups in total. The lowest BCUT2D eigenvalue weighted by atomic mass is 9.93. The minimum absolute atomic E-state index is 0.385. The molecule has 2 aliphatic heterocycles. The first-order valence-corrected chi connectivity index (χ1v) is 10.3. The minimum atomic E-state index is 0.385. The largest absolute Gasteiger partial charge is 0.384 e. The highest BCUT2D eigenvalue weighted by molar-refractivity contribution is 7.71. The Morgan fingerprint density at radius 3 is 2.67 bits per heavy atom. The van der Waals surface area contributed by atoms with Crippen molar-refractivity contribution < 1.29 is 0 Å². The van der Waals surface area contributed by atoms with Crippen LogP contribution < -0.4 is 16.5 Å². The van der Waals surface area contributed by atoms with E-state index in [1.807, 2.05) is 7.05 Å². The second-order valence-corrected chi connectivity index (χ2v) is 8.26. The zero-order valence-electron chi connectivity index (χ0n) is 16.4. The van der Waals surface area contributed by atoms with Gasteiger partial charge in [-0.3, -0.25) is 4.99 Å². The Bertz CT molecular complexity index is 826. The van der Waals surface area contributed by atoms with Crippen molar-refractivity contribution in [3.8, 4) is 6.07 Å². The number of nitrogens with one attached hydrogen (secondary N) is 1. The van der Waals surface area contributed by atoms with Crippen LogP contribution in [0.5, 0.6) is 0 Å². The molecule has 0 spiro atoms. The molecule has 0 saturated carbocycles. The monoisotopic (exact) mass is 389 g/mol. The molecule has 2 aliphatic rings. The van der Waals surface area contributed by atoms with Crippen molar-refractivity contribution in [2.45, 2.75) is 25.7 Å². The molecule has 1 unspecified atom stereocenters. The van der Waals surface area contributed by atoms with E-state index in [9.17, 15) is 5.26 Å². The van der Waals surface area contributed by atoms with Crippen molar-refractivity contribution in [3.63, 3.8) is 0 Å². The normalized spacial score (nSPS) is 22.7. The SMILES string of the molecule is Cn1c(N)c(C#N)c(=NCC2CCCN(CC3CCNCC3)C2)n(C)c1=S. The van der Waals surface area contributed by atoms with E-state index in [-0.39, 0.29) is 0 Å². The molecular formula is C19H31N7S. The number of aromatic nitrogens is 2. The summed E-state index contributed by atoms with van der Waals surface area (Å²) >= 11 is 5.42. The van der Waals surface area contributed by atoms with Crippen LogP contribution in [0.2, 0.25) is 0 Å². The van der Waals surface area contributed by atoms with E-state index in [4.69, 9.17) is 22.9 Å². The third kappa shape index (κ3) is 4.60. The highest BCUT2D eigenvalue weighted by Gasteiger charge is 2.23. The van der Waals surface area contributed by atoms with Gasteiger partial charge >= 0.3 is 0 Å². The Morgan fingerprint density at radius 1 is 1.22 bits per heavy atom. The van der Waals surface area contributed by atoms with Crippen LogP contribution in [0.1, 0.15) is 31.2 Å². The number of nitrogen functional groups attached to an aromatic ring is 1. The van der Waals surface area contributed by atoms with Gasteiger partial charge in [0, 0.05) is 33.7 Å². The quantitative estimate of drug-likeness (QED) is 0.755. The number of anilines is 1. The smallest absolute Gasteiger partial charge is 0.182 e. The zero-order chi connectivity index (χ0) is 19.4. The molecule has 1 atom stereocenters. The van der Waals surface area contributed by atoms with E-state index in [1.165, 1.54) is 38.8 Å². The first kappa shape index (κ1) is 20.1. The van der Waals surface area contributed by atoms with E-state index in [0.717, 1.165) is 25.6 Å². The van der Waals surface area contributed by atoms with Crippen LogP contribution in [0.15, 0.2) is 4.99 Å². The highest BCUT2D eigenvalue weighted by Crippen LogP contribution is 2.20.